The van der Waals surface area contributed by atoms with E-state index in [2.05, 4.69) is 20.6 Å². The number of aromatic nitrogens is 2. The quantitative estimate of drug-likeness (QED) is 0.380. The number of rotatable bonds is 6. The van der Waals surface area contributed by atoms with E-state index in [0.29, 0.717) is 16.9 Å². The van der Waals surface area contributed by atoms with Gasteiger partial charge in [-0.05, 0) is 37.6 Å². The molecule has 1 aromatic heterocycles. The summed E-state index contributed by atoms with van der Waals surface area (Å²) in [4.78, 5) is 30.7. The fraction of sp³-hybridized carbons (Fsp3) is 0.105. The molecule has 8 heteroatoms. The molecule has 0 atom stereocenters. The fourth-order valence-electron chi connectivity index (χ4n) is 2.53. The second-order valence-electron chi connectivity index (χ2n) is 5.88. The van der Waals surface area contributed by atoms with Crippen molar-refractivity contribution in [3.05, 3.63) is 76.1 Å². The number of anilines is 4. The van der Waals surface area contributed by atoms with Gasteiger partial charge in [-0.3, -0.25) is 14.9 Å². The number of benzene rings is 2. The number of nitro groups is 1. The Bertz CT molecular complexity index is 1020. The van der Waals surface area contributed by atoms with E-state index >= 15 is 0 Å². The maximum Gasteiger partial charge on any atom is 0.353 e. The van der Waals surface area contributed by atoms with Crippen molar-refractivity contribution in [1.29, 1.82) is 0 Å². The minimum absolute atomic E-state index is 0.0341. The van der Waals surface area contributed by atoms with Gasteiger partial charge in [-0.25, -0.2) is 9.97 Å². The zero-order chi connectivity index (χ0) is 19.4. The third-order valence-electron chi connectivity index (χ3n) is 3.93. The smallest absolute Gasteiger partial charge is 0.334 e. The van der Waals surface area contributed by atoms with Crippen LogP contribution in [0.2, 0.25) is 0 Å². The van der Waals surface area contributed by atoms with Crippen molar-refractivity contribution in [2.24, 2.45) is 0 Å². The van der Waals surface area contributed by atoms with Crippen molar-refractivity contribution < 1.29 is 9.72 Å². The van der Waals surface area contributed by atoms with E-state index in [-0.39, 0.29) is 23.1 Å². The van der Waals surface area contributed by atoms with Gasteiger partial charge in [0.1, 0.15) is 6.33 Å². The fourth-order valence-corrected chi connectivity index (χ4v) is 2.53. The first kappa shape index (κ1) is 18.0. The van der Waals surface area contributed by atoms with Crippen molar-refractivity contribution in [2.45, 2.75) is 13.8 Å². The summed E-state index contributed by atoms with van der Waals surface area (Å²) in [6.45, 7) is 3.35. The summed E-state index contributed by atoms with van der Waals surface area (Å²) >= 11 is 0. The molecule has 1 heterocycles. The molecule has 2 aromatic carbocycles. The monoisotopic (exact) mass is 363 g/mol. The Balaban J connectivity index is 1.99. The molecule has 3 aromatic rings. The third kappa shape index (κ3) is 4.06. The lowest BCUT2D eigenvalue weighted by Gasteiger charge is -2.11. The summed E-state index contributed by atoms with van der Waals surface area (Å²) in [5.41, 5.74) is 2.37. The van der Waals surface area contributed by atoms with E-state index in [9.17, 15) is 14.9 Å². The van der Waals surface area contributed by atoms with Gasteiger partial charge in [0.05, 0.1) is 4.92 Å². The van der Waals surface area contributed by atoms with Crippen LogP contribution in [0.4, 0.5) is 28.7 Å². The highest BCUT2D eigenvalue weighted by Crippen LogP contribution is 2.33. The first-order valence-electron chi connectivity index (χ1n) is 8.16. The molecule has 0 radical (unpaired) electrons. The Morgan fingerprint density at radius 3 is 2.41 bits per heavy atom. The number of hydrogen-bond acceptors (Lipinski definition) is 7. The van der Waals surface area contributed by atoms with Crippen LogP contribution in [0, 0.1) is 17.0 Å². The molecule has 27 heavy (non-hydrogen) atoms. The second-order valence-corrected chi connectivity index (χ2v) is 5.88. The van der Waals surface area contributed by atoms with E-state index in [4.69, 9.17) is 0 Å². The molecule has 0 spiro atoms. The standard InChI is InChI=1S/C19H17N5O3/c1-12-6-3-4-9-16(12)23-19-17(24(26)27)18(20-11-21-19)22-15-8-5-7-14(10-15)13(2)25/h3-11H,1-2H3,(H2,20,21,22,23). The zero-order valence-electron chi connectivity index (χ0n) is 14.8. The first-order valence-corrected chi connectivity index (χ1v) is 8.16. The number of nitrogens with zero attached hydrogens (tertiary/aromatic N) is 3. The molecule has 0 amide bonds. The van der Waals surface area contributed by atoms with Gasteiger partial charge in [-0.2, -0.15) is 0 Å². The van der Waals surface area contributed by atoms with Crippen molar-refractivity contribution in [3.63, 3.8) is 0 Å². The Morgan fingerprint density at radius 1 is 1.04 bits per heavy atom. The van der Waals surface area contributed by atoms with Crippen LogP contribution in [0.1, 0.15) is 22.8 Å². The topological polar surface area (TPSA) is 110 Å². The Morgan fingerprint density at radius 2 is 1.74 bits per heavy atom. The Labute approximate surface area is 155 Å². The number of Topliss-reactive ketones (excluding diaryl/α,β-unsaturated/α-hetero) is 1. The summed E-state index contributed by atoms with van der Waals surface area (Å²) < 4.78 is 0. The number of ketones is 1. The number of carbonyl (C=O) groups excluding carboxylic acids is 1. The van der Waals surface area contributed by atoms with E-state index in [1.807, 2.05) is 31.2 Å². The molecule has 0 saturated carbocycles. The molecular formula is C19H17N5O3. The van der Waals surface area contributed by atoms with Crippen molar-refractivity contribution in [2.75, 3.05) is 10.6 Å². The molecule has 136 valence electrons. The molecular weight excluding hydrogens is 346 g/mol. The highest BCUT2D eigenvalue weighted by Gasteiger charge is 2.23. The number of hydrogen-bond donors (Lipinski definition) is 2. The lowest BCUT2D eigenvalue weighted by Crippen LogP contribution is -2.06. The largest absolute Gasteiger partial charge is 0.353 e. The highest BCUT2D eigenvalue weighted by atomic mass is 16.6. The first-order chi connectivity index (χ1) is 13.0. The summed E-state index contributed by atoms with van der Waals surface area (Å²) in [5, 5.41) is 17.6. The molecule has 0 bridgehead atoms. The molecule has 0 aliphatic carbocycles. The predicted molar refractivity (Wildman–Crippen MR) is 103 cm³/mol. The van der Waals surface area contributed by atoms with Gasteiger partial charge in [0.25, 0.3) is 0 Å². The Kier molecular flexibility index (Phi) is 5.07. The predicted octanol–water partition coefficient (Wildman–Crippen LogP) is 4.38. The van der Waals surface area contributed by atoms with E-state index in [1.165, 1.54) is 13.3 Å². The Hall–Kier alpha value is -3.81. The van der Waals surface area contributed by atoms with Gasteiger partial charge in [0.2, 0.25) is 11.6 Å². The normalized spacial score (nSPS) is 10.3. The van der Waals surface area contributed by atoms with Crippen molar-refractivity contribution >= 4 is 34.5 Å². The highest BCUT2D eigenvalue weighted by molar-refractivity contribution is 5.95. The lowest BCUT2D eigenvalue weighted by molar-refractivity contribution is -0.383. The van der Waals surface area contributed by atoms with E-state index in [0.717, 1.165) is 5.56 Å². The maximum atomic E-state index is 11.7. The molecule has 2 N–H and O–H groups in total. The lowest BCUT2D eigenvalue weighted by atomic mass is 10.1. The number of nitrogens with one attached hydrogen (secondary N) is 2. The molecule has 0 unspecified atom stereocenters. The number of aryl methyl sites for hydroxylation is 1. The minimum Gasteiger partial charge on any atom is -0.334 e. The van der Waals surface area contributed by atoms with Crippen molar-refractivity contribution in [1.82, 2.24) is 9.97 Å². The van der Waals surface area contributed by atoms with Gasteiger partial charge in [0, 0.05) is 16.9 Å². The van der Waals surface area contributed by atoms with Crippen molar-refractivity contribution in [3.8, 4) is 0 Å². The summed E-state index contributed by atoms with van der Waals surface area (Å²) in [5.74, 6) is 0.0130. The van der Waals surface area contributed by atoms with Crippen LogP contribution in [0.15, 0.2) is 54.9 Å². The molecule has 0 saturated heterocycles. The zero-order valence-corrected chi connectivity index (χ0v) is 14.8. The molecule has 0 fully saturated rings. The van der Waals surface area contributed by atoms with Crippen LogP contribution in [0.25, 0.3) is 0 Å². The van der Waals surface area contributed by atoms with Gasteiger partial charge in [-0.1, -0.05) is 30.3 Å². The molecule has 3 rings (SSSR count). The average Bonchev–Trinajstić information content (AvgIpc) is 2.64. The van der Waals surface area contributed by atoms with Gasteiger partial charge in [-0.15, -0.1) is 0 Å². The van der Waals surface area contributed by atoms with Crippen LogP contribution in [0.5, 0.6) is 0 Å². The summed E-state index contributed by atoms with van der Waals surface area (Å²) in [6, 6.07) is 14.1. The molecule has 0 aliphatic rings. The summed E-state index contributed by atoms with van der Waals surface area (Å²) in [7, 11) is 0. The summed E-state index contributed by atoms with van der Waals surface area (Å²) in [6.07, 6.45) is 1.24. The molecule has 0 aliphatic heterocycles. The van der Waals surface area contributed by atoms with Crippen LogP contribution >= 0.6 is 0 Å². The third-order valence-corrected chi connectivity index (χ3v) is 3.93. The maximum absolute atomic E-state index is 11.7. The van der Waals surface area contributed by atoms with E-state index < -0.39 is 4.92 Å². The van der Waals surface area contributed by atoms with Crippen LogP contribution in [-0.4, -0.2) is 20.7 Å². The second kappa shape index (κ2) is 7.61. The van der Waals surface area contributed by atoms with Crippen LogP contribution in [-0.2, 0) is 0 Å². The number of carbonyl (C=O) groups is 1. The SMILES string of the molecule is CC(=O)c1cccc(Nc2ncnc(Nc3ccccc3C)c2[N+](=O)[O-])c1. The van der Waals surface area contributed by atoms with Gasteiger partial charge in [0.15, 0.2) is 5.78 Å². The van der Waals surface area contributed by atoms with Gasteiger partial charge >= 0.3 is 5.69 Å². The average molecular weight is 363 g/mol. The van der Waals surface area contributed by atoms with Crippen LogP contribution < -0.4 is 10.6 Å². The molecule has 8 nitrogen and oxygen atoms in total. The van der Waals surface area contributed by atoms with Gasteiger partial charge < -0.3 is 10.6 Å². The minimum atomic E-state index is -0.544. The van der Waals surface area contributed by atoms with E-state index in [1.54, 1.807) is 24.3 Å². The van der Waals surface area contributed by atoms with Crippen LogP contribution in [0.3, 0.4) is 0 Å². The number of para-hydroxylation sites is 1.